The van der Waals surface area contributed by atoms with Crippen LogP contribution in [0.15, 0.2) is 0 Å². The number of rotatable bonds is 4. The van der Waals surface area contributed by atoms with Crippen molar-refractivity contribution < 1.29 is 0 Å². The Morgan fingerprint density at radius 2 is 2.12 bits per heavy atom. The second-order valence-electron chi connectivity index (χ2n) is 2.01. The summed E-state index contributed by atoms with van der Waals surface area (Å²) in [6, 6.07) is 0. The van der Waals surface area contributed by atoms with Crippen molar-refractivity contribution in [1.82, 2.24) is 0 Å². The van der Waals surface area contributed by atoms with Crippen LogP contribution in [-0.2, 0) is 0 Å². The maximum absolute atomic E-state index is 4.02. The molecule has 3 heteroatoms. The van der Waals surface area contributed by atoms with Crippen molar-refractivity contribution in [3.63, 3.8) is 0 Å². The predicted molar refractivity (Wildman–Crippen MR) is 48.7 cm³/mol. The van der Waals surface area contributed by atoms with Gasteiger partial charge in [0.2, 0.25) is 0 Å². The standard InChI is InChI=1S/C5H12S3/c1-5(2)3-7-4-8-6/h5-6H,3-4H2,1-2H3. The fraction of sp³-hybridized carbons (Fsp3) is 1.00. The van der Waals surface area contributed by atoms with E-state index in [1.54, 1.807) is 10.8 Å². The summed E-state index contributed by atoms with van der Waals surface area (Å²) < 4.78 is 0. The van der Waals surface area contributed by atoms with Gasteiger partial charge in [0, 0.05) is 5.08 Å². The Morgan fingerprint density at radius 1 is 1.50 bits per heavy atom. The molecule has 0 aliphatic heterocycles. The summed E-state index contributed by atoms with van der Waals surface area (Å²) in [6.45, 7) is 4.46. The molecule has 0 rings (SSSR count). The normalized spacial score (nSPS) is 10.5. The molecule has 0 aromatic carbocycles. The maximum atomic E-state index is 4.02. The highest BCUT2D eigenvalue weighted by Gasteiger charge is 1.91. The summed E-state index contributed by atoms with van der Waals surface area (Å²) in [5.41, 5.74) is 0. The molecule has 0 spiro atoms. The van der Waals surface area contributed by atoms with Crippen LogP contribution in [0.25, 0.3) is 0 Å². The minimum absolute atomic E-state index is 0.820. The van der Waals surface area contributed by atoms with Crippen molar-refractivity contribution in [2.75, 3.05) is 10.8 Å². The molecule has 50 valence electrons. The van der Waals surface area contributed by atoms with E-state index in [0.29, 0.717) is 0 Å². The lowest BCUT2D eigenvalue weighted by Gasteiger charge is -2.00. The molecule has 0 heterocycles. The van der Waals surface area contributed by atoms with Crippen molar-refractivity contribution in [3.05, 3.63) is 0 Å². The highest BCUT2D eigenvalue weighted by atomic mass is 33.1. The zero-order valence-electron chi connectivity index (χ0n) is 5.26. The van der Waals surface area contributed by atoms with E-state index < -0.39 is 0 Å². The molecule has 0 aromatic rings. The third-order valence-electron chi connectivity index (χ3n) is 0.587. The summed E-state index contributed by atoms with van der Waals surface area (Å²) in [5.74, 6) is 2.08. The van der Waals surface area contributed by atoms with E-state index in [1.807, 2.05) is 11.8 Å². The van der Waals surface area contributed by atoms with E-state index in [4.69, 9.17) is 0 Å². The monoisotopic (exact) mass is 168 g/mol. The first-order valence-corrected chi connectivity index (χ1v) is 5.80. The van der Waals surface area contributed by atoms with E-state index in [0.717, 1.165) is 11.0 Å². The summed E-state index contributed by atoms with van der Waals surface area (Å²) in [4.78, 5) is 0. The SMILES string of the molecule is CC(C)CSCSS. The van der Waals surface area contributed by atoms with Gasteiger partial charge in [-0.1, -0.05) is 24.6 Å². The van der Waals surface area contributed by atoms with Crippen LogP contribution in [0.4, 0.5) is 0 Å². The number of hydrogen-bond donors (Lipinski definition) is 1. The Balaban J connectivity index is 2.72. The van der Waals surface area contributed by atoms with E-state index in [1.165, 1.54) is 5.75 Å². The van der Waals surface area contributed by atoms with Crippen LogP contribution >= 0.6 is 34.2 Å². The van der Waals surface area contributed by atoms with Gasteiger partial charge in [-0.2, -0.15) is 0 Å². The molecule has 0 amide bonds. The zero-order valence-corrected chi connectivity index (χ0v) is 7.78. The average molecular weight is 168 g/mol. The van der Waals surface area contributed by atoms with Gasteiger partial charge in [-0.3, -0.25) is 0 Å². The highest BCUT2D eigenvalue weighted by Crippen LogP contribution is 2.16. The molecule has 0 aromatic heterocycles. The smallest absolute Gasteiger partial charge is 0.0493 e. The second kappa shape index (κ2) is 6.17. The lowest BCUT2D eigenvalue weighted by molar-refractivity contribution is 0.751. The third-order valence-corrected chi connectivity index (χ3v) is 3.53. The van der Waals surface area contributed by atoms with Gasteiger partial charge >= 0.3 is 0 Å². The van der Waals surface area contributed by atoms with Crippen molar-refractivity contribution in [2.45, 2.75) is 13.8 Å². The number of thiol groups is 1. The largest absolute Gasteiger partial charge is 0.150 e. The molecule has 0 radical (unpaired) electrons. The Labute approximate surface area is 65.0 Å². The summed E-state index contributed by atoms with van der Waals surface area (Å²) in [6.07, 6.45) is 0. The first-order chi connectivity index (χ1) is 3.77. The molecule has 0 aliphatic carbocycles. The lowest BCUT2D eigenvalue weighted by atomic mass is 10.3. The maximum Gasteiger partial charge on any atom is 0.0493 e. The van der Waals surface area contributed by atoms with Crippen LogP contribution < -0.4 is 0 Å². The molecule has 0 unspecified atom stereocenters. The molecule has 0 fully saturated rings. The van der Waals surface area contributed by atoms with Crippen LogP contribution in [-0.4, -0.2) is 10.8 Å². The Morgan fingerprint density at radius 3 is 2.50 bits per heavy atom. The molecule has 0 saturated heterocycles. The van der Waals surface area contributed by atoms with Gasteiger partial charge in [-0.05, 0) is 11.7 Å². The quantitative estimate of drug-likeness (QED) is 0.297. The van der Waals surface area contributed by atoms with Gasteiger partial charge in [0.05, 0.1) is 0 Å². The van der Waals surface area contributed by atoms with Crippen LogP contribution in [0.2, 0.25) is 0 Å². The van der Waals surface area contributed by atoms with E-state index in [-0.39, 0.29) is 0 Å². The van der Waals surface area contributed by atoms with Gasteiger partial charge in [0.15, 0.2) is 0 Å². The predicted octanol–water partition coefficient (Wildman–Crippen LogP) is 2.91. The molecular weight excluding hydrogens is 156 g/mol. The Bertz CT molecular complexity index is 44.9. The number of thioether (sulfide) groups is 1. The van der Waals surface area contributed by atoms with Gasteiger partial charge in [0.25, 0.3) is 0 Å². The molecule has 0 saturated carbocycles. The molecule has 0 nitrogen and oxygen atoms in total. The van der Waals surface area contributed by atoms with E-state index in [2.05, 4.69) is 25.5 Å². The lowest BCUT2D eigenvalue weighted by Crippen LogP contribution is -1.89. The van der Waals surface area contributed by atoms with Crippen molar-refractivity contribution in [1.29, 1.82) is 0 Å². The van der Waals surface area contributed by atoms with Crippen LogP contribution in [0.1, 0.15) is 13.8 Å². The Hall–Kier alpha value is 1.05. The van der Waals surface area contributed by atoms with E-state index in [9.17, 15) is 0 Å². The molecule has 0 aliphatic rings. The van der Waals surface area contributed by atoms with Crippen molar-refractivity contribution in [2.24, 2.45) is 5.92 Å². The van der Waals surface area contributed by atoms with Gasteiger partial charge in [0.1, 0.15) is 0 Å². The fourth-order valence-corrected chi connectivity index (χ4v) is 2.15. The average Bonchev–Trinajstić information content (AvgIpc) is 1.66. The first-order valence-electron chi connectivity index (χ1n) is 2.61. The molecule has 0 atom stereocenters. The third kappa shape index (κ3) is 7.05. The van der Waals surface area contributed by atoms with Crippen molar-refractivity contribution in [3.8, 4) is 0 Å². The molecule has 8 heavy (non-hydrogen) atoms. The Kier molecular flexibility index (Phi) is 6.98. The van der Waals surface area contributed by atoms with Crippen LogP contribution in [0.5, 0.6) is 0 Å². The fourth-order valence-electron chi connectivity index (χ4n) is 0.321. The molecule has 0 bridgehead atoms. The van der Waals surface area contributed by atoms with Gasteiger partial charge in [-0.25, -0.2) is 0 Å². The summed E-state index contributed by atoms with van der Waals surface area (Å²) in [7, 11) is 1.60. The minimum Gasteiger partial charge on any atom is -0.150 e. The number of hydrogen-bond acceptors (Lipinski definition) is 3. The van der Waals surface area contributed by atoms with Gasteiger partial charge < -0.3 is 0 Å². The second-order valence-corrected chi connectivity index (χ2v) is 4.73. The van der Waals surface area contributed by atoms with E-state index >= 15 is 0 Å². The summed E-state index contributed by atoms with van der Waals surface area (Å²) >= 11 is 5.97. The topological polar surface area (TPSA) is 0 Å². The van der Waals surface area contributed by atoms with Gasteiger partial charge in [-0.15, -0.1) is 23.4 Å². The molecule has 0 N–H and O–H groups in total. The highest BCUT2D eigenvalue weighted by molar-refractivity contribution is 8.70. The molecular formula is C5H12S3. The first kappa shape index (κ1) is 9.05. The van der Waals surface area contributed by atoms with Crippen molar-refractivity contribution >= 4 is 34.2 Å². The van der Waals surface area contributed by atoms with Crippen LogP contribution in [0.3, 0.4) is 0 Å². The summed E-state index contributed by atoms with van der Waals surface area (Å²) in [5, 5.41) is 1.11. The zero-order chi connectivity index (χ0) is 6.41. The van der Waals surface area contributed by atoms with Crippen LogP contribution in [0, 0.1) is 5.92 Å². The minimum atomic E-state index is 0.820.